The van der Waals surface area contributed by atoms with Gasteiger partial charge in [-0.1, -0.05) is 36.4 Å². The van der Waals surface area contributed by atoms with Gasteiger partial charge < -0.3 is 14.2 Å². The molecule has 0 saturated carbocycles. The molecule has 0 spiro atoms. The van der Waals surface area contributed by atoms with E-state index in [1.807, 2.05) is 36.4 Å². The first-order chi connectivity index (χ1) is 16.6. The number of likely N-dealkylation sites (N-methyl/N-ethyl adjacent to an activating group) is 1. The summed E-state index contributed by atoms with van der Waals surface area (Å²) in [4.78, 5) is 2.43. The van der Waals surface area contributed by atoms with Gasteiger partial charge >= 0.3 is 0 Å². The smallest absolute Gasteiger partial charge is 0.133 e. The zero-order chi connectivity index (χ0) is 23.2. The number of para-hydroxylation sites is 1. The van der Waals surface area contributed by atoms with Gasteiger partial charge in [-0.05, 0) is 80.7 Å². The van der Waals surface area contributed by atoms with E-state index in [9.17, 15) is 4.39 Å². The van der Waals surface area contributed by atoms with Gasteiger partial charge in [-0.25, -0.2) is 4.39 Å². The van der Waals surface area contributed by atoms with Crippen LogP contribution in [0.15, 0.2) is 79.5 Å². The quantitative estimate of drug-likeness (QED) is 0.270. The number of ether oxygens (including phenoxy) is 1. The Hall–Kier alpha value is -3.37. The van der Waals surface area contributed by atoms with Crippen LogP contribution in [0.5, 0.6) is 11.5 Å². The lowest BCUT2D eigenvalue weighted by Crippen LogP contribution is -2.26. The predicted molar refractivity (Wildman–Crippen MR) is 135 cm³/mol. The maximum absolute atomic E-state index is 14.5. The van der Waals surface area contributed by atoms with Gasteiger partial charge in [0.2, 0.25) is 0 Å². The largest absolute Gasteiger partial charge is 0.457 e. The van der Waals surface area contributed by atoms with Gasteiger partial charge in [0.1, 0.15) is 17.3 Å². The molecule has 2 aliphatic heterocycles. The van der Waals surface area contributed by atoms with E-state index < -0.39 is 0 Å². The van der Waals surface area contributed by atoms with Crippen LogP contribution in [0.4, 0.5) is 4.39 Å². The number of halogens is 1. The fourth-order valence-electron chi connectivity index (χ4n) is 5.85. The zero-order valence-electron chi connectivity index (χ0n) is 19.5. The standard InChI is InChI=1S/C30H29FN2O/c1-3-8-20-9-6-13-28-29(20)30(24-11-4-5-12-27(24)34-28)33-19-21(17-23-10-7-16-32(23)2)25-18-22(31)14-15-26(25)33/h3-6,9,11-15,18-19,23,30H,1,7-8,10,16-17H2,2H3/t23?,30-/m0/s1. The monoisotopic (exact) mass is 452 g/mol. The maximum Gasteiger partial charge on any atom is 0.133 e. The number of allylic oxidation sites excluding steroid dienone is 1. The van der Waals surface area contributed by atoms with Crippen molar-refractivity contribution in [2.45, 2.75) is 37.8 Å². The second kappa shape index (κ2) is 8.44. The number of benzene rings is 3. The lowest BCUT2D eigenvalue weighted by molar-refractivity contribution is 0.309. The van der Waals surface area contributed by atoms with Crippen LogP contribution in [0.3, 0.4) is 0 Å². The normalized spacial score (nSPS) is 19.6. The minimum Gasteiger partial charge on any atom is -0.457 e. The fourth-order valence-corrected chi connectivity index (χ4v) is 5.85. The Kier molecular flexibility index (Phi) is 5.26. The van der Waals surface area contributed by atoms with Crippen molar-refractivity contribution < 1.29 is 9.13 Å². The first-order valence-corrected chi connectivity index (χ1v) is 12.1. The lowest BCUT2D eigenvalue weighted by atomic mass is 9.89. The number of rotatable bonds is 5. The second-order valence-electron chi connectivity index (χ2n) is 9.57. The number of nitrogens with zero attached hydrogens (tertiary/aromatic N) is 2. The Morgan fingerprint density at radius 1 is 1.06 bits per heavy atom. The minimum absolute atomic E-state index is 0.0564. The van der Waals surface area contributed by atoms with Crippen LogP contribution >= 0.6 is 0 Å². The summed E-state index contributed by atoms with van der Waals surface area (Å²) in [6.45, 7) is 5.11. The van der Waals surface area contributed by atoms with Gasteiger partial charge in [-0.2, -0.15) is 0 Å². The van der Waals surface area contributed by atoms with Crippen LogP contribution in [0.25, 0.3) is 10.9 Å². The molecule has 2 atom stereocenters. The van der Waals surface area contributed by atoms with Crippen LogP contribution in [0.1, 0.15) is 41.1 Å². The average molecular weight is 453 g/mol. The van der Waals surface area contributed by atoms with E-state index in [0.29, 0.717) is 6.04 Å². The highest BCUT2D eigenvalue weighted by Gasteiger charge is 2.32. The first-order valence-electron chi connectivity index (χ1n) is 12.1. The molecule has 3 nitrogen and oxygen atoms in total. The van der Waals surface area contributed by atoms with E-state index in [2.05, 4.69) is 47.5 Å². The fraction of sp³-hybridized carbons (Fsp3) is 0.267. The highest BCUT2D eigenvalue weighted by Crippen LogP contribution is 2.48. The number of likely N-dealkylation sites (tertiary alicyclic amines) is 1. The molecular weight excluding hydrogens is 423 g/mol. The van der Waals surface area contributed by atoms with Gasteiger partial charge in [0.15, 0.2) is 0 Å². The molecule has 2 aliphatic rings. The minimum atomic E-state index is -0.189. The molecule has 1 aromatic heterocycles. The molecule has 1 saturated heterocycles. The van der Waals surface area contributed by atoms with Crippen molar-refractivity contribution >= 4 is 10.9 Å². The summed E-state index contributed by atoms with van der Waals surface area (Å²) in [5.74, 6) is 1.56. The van der Waals surface area contributed by atoms with Crippen LogP contribution < -0.4 is 4.74 Å². The lowest BCUT2D eigenvalue weighted by Gasteiger charge is -2.31. The van der Waals surface area contributed by atoms with Crippen molar-refractivity contribution in [3.05, 3.63) is 108 Å². The van der Waals surface area contributed by atoms with Gasteiger partial charge in [0.05, 0.1) is 6.04 Å². The van der Waals surface area contributed by atoms with Crippen molar-refractivity contribution in [1.29, 1.82) is 0 Å². The number of hydrogen-bond acceptors (Lipinski definition) is 2. The molecule has 0 bridgehead atoms. The third kappa shape index (κ3) is 3.45. The molecule has 172 valence electrons. The molecule has 0 radical (unpaired) electrons. The number of hydrogen-bond donors (Lipinski definition) is 0. The van der Waals surface area contributed by atoms with Gasteiger partial charge in [0, 0.05) is 34.3 Å². The molecule has 6 rings (SSSR count). The summed E-state index contributed by atoms with van der Waals surface area (Å²) < 4.78 is 23.2. The topological polar surface area (TPSA) is 17.4 Å². The summed E-state index contributed by atoms with van der Waals surface area (Å²) in [7, 11) is 2.20. The molecule has 4 heteroatoms. The summed E-state index contributed by atoms with van der Waals surface area (Å²) in [5.41, 5.74) is 5.75. The van der Waals surface area contributed by atoms with Gasteiger partial charge in [-0.15, -0.1) is 6.58 Å². The van der Waals surface area contributed by atoms with Crippen LogP contribution in [0.2, 0.25) is 0 Å². The van der Waals surface area contributed by atoms with E-state index in [0.717, 1.165) is 52.9 Å². The van der Waals surface area contributed by atoms with Gasteiger partial charge in [0.25, 0.3) is 0 Å². The third-order valence-electron chi connectivity index (χ3n) is 7.51. The molecule has 1 fully saturated rings. The van der Waals surface area contributed by atoms with Crippen LogP contribution in [-0.2, 0) is 12.8 Å². The molecule has 34 heavy (non-hydrogen) atoms. The molecule has 0 N–H and O–H groups in total. The molecule has 4 aromatic rings. The maximum atomic E-state index is 14.5. The van der Waals surface area contributed by atoms with Crippen molar-refractivity contribution in [1.82, 2.24) is 9.47 Å². The SMILES string of the molecule is C=CCc1cccc2c1[C@@H](n1cc(CC3CCCN3C)c3cc(F)ccc31)c1ccccc1O2. The molecule has 0 aliphatic carbocycles. The van der Waals surface area contributed by atoms with E-state index in [1.54, 1.807) is 12.1 Å². The Balaban J connectivity index is 1.58. The zero-order valence-corrected chi connectivity index (χ0v) is 19.5. The molecule has 0 amide bonds. The molecule has 3 heterocycles. The van der Waals surface area contributed by atoms with Crippen molar-refractivity contribution in [3.8, 4) is 11.5 Å². The molecule has 3 aromatic carbocycles. The predicted octanol–water partition coefficient (Wildman–Crippen LogP) is 6.89. The Morgan fingerprint density at radius 2 is 1.91 bits per heavy atom. The number of aromatic nitrogens is 1. The summed E-state index contributed by atoms with van der Waals surface area (Å²) >= 11 is 0. The Morgan fingerprint density at radius 3 is 2.74 bits per heavy atom. The summed E-state index contributed by atoms with van der Waals surface area (Å²) in [6.07, 6.45) is 8.30. The highest BCUT2D eigenvalue weighted by molar-refractivity contribution is 5.85. The third-order valence-corrected chi connectivity index (χ3v) is 7.51. The van der Waals surface area contributed by atoms with Crippen LogP contribution in [-0.4, -0.2) is 29.1 Å². The Bertz CT molecular complexity index is 1390. The van der Waals surface area contributed by atoms with E-state index in [1.165, 1.54) is 24.0 Å². The summed E-state index contributed by atoms with van der Waals surface area (Å²) in [5, 5.41) is 1.01. The van der Waals surface area contributed by atoms with Crippen molar-refractivity contribution in [2.24, 2.45) is 0 Å². The second-order valence-corrected chi connectivity index (χ2v) is 9.57. The average Bonchev–Trinajstić information content (AvgIpc) is 3.41. The number of fused-ring (bicyclic) bond motifs is 3. The van der Waals surface area contributed by atoms with Crippen LogP contribution in [0, 0.1) is 5.82 Å². The molecule has 1 unspecified atom stereocenters. The Labute approximate surface area is 200 Å². The van der Waals surface area contributed by atoms with Crippen molar-refractivity contribution in [3.63, 3.8) is 0 Å². The summed E-state index contributed by atoms with van der Waals surface area (Å²) in [6, 6.07) is 20.2. The molecular formula is C30H29FN2O. The van der Waals surface area contributed by atoms with Crippen molar-refractivity contribution in [2.75, 3.05) is 13.6 Å². The van der Waals surface area contributed by atoms with E-state index >= 15 is 0 Å². The van der Waals surface area contributed by atoms with Gasteiger partial charge in [-0.3, -0.25) is 0 Å². The van der Waals surface area contributed by atoms with E-state index in [4.69, 9.17) is 4.74 Å². The highest BCUT2D eigenvalue weighted by atomic mass is 19.1. The first kappa shape index (κ1) is 21.2. The van der Waals surface area contributed by atoms with E-state index in [-0.39, 0.29) is 11.9 Å².